The van der Waals surface area contributed by atoms with Gasteiger partial charge < -0.3 is 4.74 Å². The van der Waals surface area contributed by atoms with Crippen LogP contribution in [0.25, 0.3) is 0 Å². The van der Waals surface area contributed by atoms with Crippen molar-refractivity contribution < 1.29 is 9.53 Å². The van der Waals surface area contributed by atoms with Crippen LogP contribution in [-0.4, -0.2) is 13.1 Å². The summed E-state index contributed by atoms with van der Waals surface area (Å²) in [6.45, 7) is 4.21. The number of allylic oxidation sites excluding steroid dienone is 1. The van der Waals surface area contributed by atoms with E-state index >= 15 is 0 Å². The second-order valence-corrected chi connectivity index (χ2v) is 2.93. The van der Waals surface area contributed by atoms with Crippen molar-refractivity contribution in [3.05, 3.63) is 11.6 Å². The van der Waals surface area contributed by atoms with Gasteiger partial charge in [-0.15, -0.1) is 0 Å². The summed E-state index contributed by atoms with van der Waals surface area (Å²) in [5.41, 5.74) is 1.28. The molecule has 12 heavy (non-hydrogen) atoms. The molecule has 0 bridgehead atoms. The van der Waals surface area contributed by atoms with Crippen LogP contribution in [0.4, 0.5) is 0 Å². The zero-order valence-corrected chi connectivity index (χ0v) is 8.22. The summed E-state index contributed by atoms with van der Waals surface area (Å²) in [6, 6.07) is 0. The monoisotopic (exact) mass is 170 g/mol. The van der Waals surface area contributed by atoms with E-state index in [1.54, 1.807) is 0 Å². The Bertz CT molecular complexity index is 159. The van der Waals surface area contributed by atoms with Gasteiger partial charge in [0.05, 0.1) is 13.5 Å². The van der Waals surface area contributed by atoms with Gasteiger partial charge in [-0.05, 0) is 19.8 Å². The predicted octanol–water partition coefficient (Wildman–Crippen LogP) is 2.69. The Kier molecular flexibility index (Phi) is 6.44. The first-order chi connectivity index (χ1) is 5.70. The van der Waals surface area contributed by atoms with E-state index in [1.165, 1.54) is 25.5 Å². The molecule has 0 saturated heterocycles. The van der Waals surface area contributed by atoms with Crippen molar-refractivity contribution in [3.63, 3.8) is 0 Å². The Morgan fingerprint density at radius 1 is 1.50 bits per heavy atom. The van der Waals surface area contributed by atoms with E-state index in [2.05, 4.69) is 18.6 Å². The van der Waals surface area contributed by atoms with Crippen molar-refractivity contribution in [2.75, 3.05) is 7.11 Å². The van der Waals surface area contributed by atoms with Gasteiger partial charge in [-0.2, -0.15) is 0 Å². The minimum Gasteiger partial charge on any atom is -0.469 e. The smallest absolute Gasteiger partial charge is 0.309 e. The summed E-state index contributed by atoms with van der Waals surface area (Å²) in [5, 5.41) is 0. The topological polar surface area (TPSA) is 26.3 Å². The second-order valence-electron chi connectivity index (χ2n) is 2.93. The van der Waals surface area contributed by atoms with Crippen LogP contribution in [0.5, 0.6) is 0 Å². The van der Waals surface area contributed by atoms with Gasteiger partial charge in [0.2, 0.25) is 0 Å². The van der Waals surface area contributed by atoms with E-state index in [4.69, 9.17) is 0 Å². The van der Waals surface area contributed by atoms with Gasteiger partial charge in [0.1, 0.15) is 0 Å². The molecule has 0 aromatic rings. The molecule has 0 aliphatic rings. The van der Waals surface area contributed by atoms with Crippen molar-refractivity contribution in [2.45, 2.75) is 39.5 Å². The fourth-order valence-corrected chi connectivity index (χ4v) is 0.899. The van der Waals surface area contributed by atoms with Crippen molar-refractivity contribution in [3.8, 4) is 0 Å². The number of hydrogen-bond acceptors (Lipinski definition) is 2. The highest BCUT2D eigenvalue weighted by atomic mass is 16.5. The number of carbonyl (C=O) groups excluding carboxylic acids is 1. The van der Waals surface area contributed by atoms with Crippen LogP contribution in [0.15, 0.2) is 11.6 Å². The number of ether oxygens (including phenoxy) is 1. The average Bonchev–Trinajstić information content (AvgIpc) is 2.10. The summed E-state index contributed by atoms with van der Waals surface area (Å²) in [5.74, 6) is -0.161. The van der Waals surface area contributed by atoms with Crippen molar-refractivity contribution in [2.24, 2.45) is 0 Å². The highest BCUT2D eigenvalue weighted by molar-refractivity contribution is 5.71. The maximum absolute atomic E-state index is 10.7. The summed E-state index contributed by atoms with van der Waals surface area (Å²) < 4.78 is 4.52. The predicted molar refractivity (Wildman–Crippen MR) is 49.9 cm³/mol. The number of unbranched alkanes of at least 4 members (excludes halogenated alkanes) is 1. The molecular weight excluding hydrogens is 152 g/mol. The maximum Gasteiger partial charge on any atom is 0.309 e. The summed E-state index contributed by atoms with van der Waals surface area (Å²) in [4.78, 5) is 10.7. The first-order valence-electron chi connectivity index (χ1n) is 4.43. The van der Waals surface area contributed by atoms with Crippen LogP contribution in [0, 0.1) is 0 Å². The van der Waals surface area contributed by atoms with Gasteiger partial charge >= 0.3 is 5.97 Å². The molecule has 0 N–H and O–H groups in total. The Hall–Kier alpha value is -0.790. The van der Waals surface area contributed by atoms with Crippen molar-refractivity contribution >= 4 is 5.97 Å². The highest BCUT2D eigenvalue weighted by Gasteiger charge is 1.96. The van der Waals surface area contributed by atoms with Crippen molar-refractivity contribution in [1.29, 1.82) is 0 Å². The van der Waals surface area contributed by atoms with Crippen LogP contribution in [0.3, 0.4) is 0 Å². The Balaban J connectivity index is 3.60. The standard InChI is InChI=1S/C10H18O2/c1-4-5-6-9(2)7-8-10(11)12-3/h7H,4-6,8H2,1-3H3/b9-7-. The molecular formula is C10H18O2. The molecule has 0 aromatic carbocycles. The number of rotatable bonds is 5. The quantitative estimate of drug-likeness (QED) is 0.468. The molecule has 0 unspecified atom stereocenters. The van der Waals surface area contributed by atoms with E-state index in [0.717, 1.165) is 6.42 Å². The van der Waals surface area contributed by atoms with Crippen molar-refractivity contribution in [1.82, 2.24) is 0 Å². The van der Waals surface area contributed by atoms with E-state index in [1.807, 2.05) is 6.08 Å². The zero-order valence-electron chi connectivity index (χ0n) is 8.22. The van der Waals surface area contributed by atoms with E-state index < -0.39 is 0 Å². The van der Waals surface area contributed by atoms with Gasteiger partial charge in [0.25, 0.3) is 0 Å². The van der Waals surface area contributed by atoms with Gasteiger partial charge in [0.15, 0.2) is 0 Å². The van der Waals surface area contributed by atoms with E-state index in [9.17, 15) is 4.79 Å². The molecule has 0 spiro atoms. The molecule has 0 atom stereocenters. The fraction of sp³-hybridized carbons (Fsp3) is 0.700. The van der Waals surface area contributed by atoms with E-state index in [-0.39, 0.29) is 5.97 Å². The summed E-state index contributed by atoms with van der Waals surface area (Å²) >= 11 is 0. The molecule has 2 heteroatoms. The molecule has 0 rings (SSSR count). The Labute approximate surface area is 74.6 Å². The van der Waals surface area contributed by atoms with Crippen LogP contribution in [0.1, 0.15) is 39.5 Å². The summed E-state index contributed by atoms with van der Waals surface area (Å²) in [6.07, 6.45) is 5.84. The van der Waals surface area contributed by atoms with Crippen LogP contribution < -0.4 is 0 Å². The lowest BCUT2D eigenvalue weighted by Crippen LogP contribution is -1.97. The SMILES string of the molecule is CCCC/C(C)=C\CC(=O)OC. The highest BCUT2D eigenvalue weighted by Crippen LogP contribution is 2.06. The second kappa shape index (κ2) is 6.89. The van der Waals surface area contributed by atoms with Gasteiger partial charge in [-0.25, -0.2) is 0 Å². The Morgan fingerprint density at radius 3 is 2.67 bits per heavy atom. The molecule has 0 aliphatic heterocycles. The van der Waals surface area contributed by atoms with Crippen LogP contribution in [-0.2, 0) is 9.53 Å². The lowest BCUT2D eigenvalue weighted by molar-refractivity contribution is -0.139. The Morgan fingerprint density at radius 2 is 2.17 bits per heavy atom. The number of hydrogen-bond donors (Lipinski definition) is 0. The molecule has 0 amide bonds. The molecule has 0 aliphatic carbocycles. The zero-order chi connectivity index (χ0) is 9.40. The van der Waals surface area contributed by atoms with Gasteiger partial charge in [-0.3, -0.25) is 4.79 Å². The third kappa shape index (κ3) is 5.96. The van der Waals surface area contributed by atoms with E-state index in [0.29, 0.717) is 6.42 Å². The summed E-state index contributed by atoms with van der Waals surface area (Å²) in [7, 11) is 1.41. The molecule has 0 aromatic heterocycles. The molecule has 2 nitrogen and oxygen atoms in total. The molecule has 0 fully saturated rings. The van der Waals surface area contributed by atoms with Gasteiger partial charge in [0, 0.05) is 0 Å². The maximum atomic E-state index is 10.7. The third-order valence-corrected chi connectivity index (χ3v) is 1.77. The minimum absolute atomic E-state index is 0.161. The van der Waals surface area contributed by atoms with Crippen LogP contribution >= 0.6 is 0 Å². The fourth-order valence-electron chi connectivity index (χ4n) is 0.899. The average molecular weight is 170 g/mol. The lowest BCUT2D eigenvalue weighted by atomic mass is 10.1. The van der Waals surface area contributed by atoms with Gasteiger partial charge in [-0.1, -0.05) is 25.0 Å². The normalized spacial score (nSPS) is 11.4. The number of carbonyl (C=O) groups is 1. The first-order valence-corrected chi connectivity index (χ1v) is 4.43. The molecule has 0 saturated carbocycles. The number of esters is 1. The molecule has 0 heterocycles. The van der Waals surface area contributed by atoms with Crippen LogP contribution in [0.2, 0.25) is 0 Å². The number of methoxy groups -OCH3 is 1. The minimum atomic E-state index is -0.161. The first kappa shape index (κ1) is 11.2. The largest absolute Gasteiger partial charge is 0.469 e. The lowest BCUT2D eigenvalue weighted by Gasteiger charge is -1.98. The third-order valence-electron chi connectivity index (χ3n) is 1.77. The molecule has 70 valence electrons. The molecule has 0 radical (unpaired) electrons.